The zero-order chi connectivity index (χ0) is 16.5. The predicted octanol–water partition coefficient (Wildman–Crippen LogP) is 2.16. The number of primary amides is 1. The molecule has 6 nitrogen and oxygen atoms in total. The minimum Gasteiger partial charge on any atom is -0.469 e. The fourth-order valence-electron chi connectivity index (χ4n) is 2.87. The van der Waals surface area contributed by atoms with Crippen LogP contribution in [0.15, 0.2) is 40.5 Å². The molecular formula is C17H27IN4O2. The van der Waals surface area contributed by atoms with Crippen molar-refractivity contribution < 1.29 is 9.21 Å². The molecule has 134 valence electrons. The van der Waals surface area contributed by atoms with Gasteiger partial charge in [-0.05, 0) is 30.9 Å². The van der Waals surface area contributed by atoms with E-state index in [2.05, 4.69) is 21.8 Å². The van der Waals surface area contributed by atoms with Gasteiger partial charge in [-0.2, -0.15) is 0 Å². The van der Waals surface area contributed by atoms with Gasteiger partial charge in [0.15, 0.2) is 5.96 Å². The van der Waals surface area contributed by atoms with Gasteiger partial charge >= 0.3 is 0 Å². The highest BCUT2D eigenvalue weighted by Gasteiger charge is 2.23. The van der Waals surface area contributed by atoms with Gasteiger partial charge < -0.3 is 20.4 Å². The zero-order valence-electron chi connectivity index (χ0n) is 13.9. The van der Waals surface area contributed by atoms with Crippen LogP contribution < -0.4 is 11.1 Å². The lowest BCUT2D eigenvalue weighted by Crippen LogP contribution is -2.47. The molecule has 1 aliphatic heterocycles. The average Bonchev–Trinajstić information content (AvgIpc) is 3.03. The fourth-order valence-corrected chi connectivity index (χ4v) is 2.87. The maximum absolute atomic E-state index is 11.2. The van der Waals surface area contributed by atoms with E-state index in [0.29, 0.717) is 25.4 Å². The van der Waals surface area contributed by atoms with Crippen LogP contribution in [0.1, 0.15) is 25.0 Å². The normalized spacial score (nSPS) is 17.9. The van der Waals surface area contributed by atoms with Crippen LogP contribution in [0.4, 0.5) is 0 Å². The summed E-state index contributed by atoms with van der Waals surface area (Å²) >= 11 is 0. The van der Waals surface area contributed by atoms with Gasteiger partial charge in [0.05, 0.1) is 6.26 Å². The molecule has 7 heteroatoms. The molecule has 0 spiro atoms. The Morgan fingerprint density at radius 2 is 2.42 bits per heavy atom. The van der Waals surface area contributed by atoms with Crippen molar-refractivity contribution in [3.63, 3.8) is 0 Å². The third kappa shape index (κ3) is 6.94. The summed E-state index contributed by atoms with van der Waals surface area (Å²) in [6.07, 6.45) is 6.79. The van der Waals surface area contributed by atoms with Crippen LogP contribution in [0.5, 0.6) is 0 Å². The van der Waals surface area contributed by atoms with Crippen molar-refractivity contribution in [2.75, 3.05) is 26.2 Å². The largest absolute Gasteiger partial charge is 0.469 e. The molecular weight excluding hydrogens is 419 g/mol. The topological polar surface area (TPSA) is 83.9 Å². The Morgan fingerprint density at radius 1 is 1.58 bits per heavy atom. The van der Waals surface area contributed by atoms with E-state index in [1.165, 1.54) is 0 Å². The lowest BCUT2D eigenvalue weighted by molar-refractivity contribution is -0.119. The van der Waals surface area contributed by atoms with Gasteiger partial charge in [0.2, 0.25) is 5.91 Å². The standard InChI is InChI=1S/C17H26N4O2.HI/c1-2-8-19-17(20-9-7-15-6-4-11-23-15)21-10-3-5-14(13-21)12-16(18)22;/h2,4,6,11,14H,1,3,5,7-10,12-13H2,(H2,18,22)(H,19,20);1H. The van der Waals surface area contributed by atoms with Crippen molar-refractivity contribution >= 4 is 35.8 Å². The first kappa shape index (κ1) is 20.5. The van der Waals surface area contributed by atoms with Crippen LogP contribution in [0.2, 0.25) is 0 Å². The van der Waals surface area contributed by atoms with Gasteiger partial charge in [0, 0.05) is 39.0 Å². The first-order valence-corrected chi connectivity index (χ1v) is 8.14. The number of aliphatic imine (C=N–C) groups is 1. The quantitative estimate of drug-likeness (QED) is 0.291. The van der Waals surface area contributed by atoms with Crippen molar-refractivity contribution in [3.05, 3.63) is 36.8 Å². The highest BCUT2D eigenvalue weighted by atomic mass is 127. The Morgan fingerprint density at radius 3 is 3.08 bits per heavy atom. The molecule has 1 unspecified atom stereocenters. The number of hydrogen-bond donors (Lipinski definition) is 2. The first-order valence-electron chi connectivity index (χ1n) is 8.14. The van der Waals surface area contributed by atoms with Crippen LogP contribution in [-0.4, -0.2) is 42.9 Å². The Labute approximate surface area is 160 Å². The number of furan rings is 1. The fraction of sp³-hybridized carbons (Fsp3) is 0.529. The highest BCUT2D eigenvalue weighted by Crippen LogP contribution is 2.19. The summed E-state index contributed by atoms with van der Waals surface area (Å²) < 4.78 is 5.33. The van der Waals surface area contributed by atoms with Crippen molar-refractivity contribution in [1.82, 2.24) is 10.2 Å². The minimum atomic E-state index is -0.229. The second-order valence-electron chi connectivity index (χ2n) is 5.83. The minimum absolute atomic E-state index is 0. The van der Waals surface area contributed by atoms with Crippen LogP contribution >= 0.6 is 24.0 Å². The molecule has 1 saturated heterocycles. The van der Waals surface area contributed by atoms with Crippen LogP contribution in [0.25, 0.3) is 0 Å². The van der Waals surface area contributed by atoms with Gasteiger partial charge in [0.25, 0.3) is 0 Å². The Hall–Kier alpha value is -1.51. The molecule has 3 N–H and O–H groups in total. The second kappa shape index (κ2) is 11.1. The van der Waals surface area contributed by atoms with Gasteiger partial charge in [-0.15, -0.1) is 30.6 Å². The number of guanidine groups is 1. The number of piperidine rings is 1. The smallest absolute Gasteiger partial charge is 0.217 e. The molecule has 1 aliphatic rings. The number of nitrogens with zero attached hydrogens (tertiary/aromatic N) is 2. The number of amides is 1. The van der Waals surface area contributed by atoms with E-state index in [4.69, 9.17) is 10.2 Å². The third-order valence-electron chi connectivity index (χ3n) is 3.91. The summed E-state index contributed by atoms with van der Waals surface area (Å²) in [5, 5.41) is 3.30. The van der Waals surface area contributed by atoms with Crippen LogP contribution in [-0.2, 0) is 11.2 Å². The monoisotopic (exact) mass is 446 g/mol. The lowest BCUT2D eigenvalue weighted by Gasteiger charge is -2.34. The number of nitrogens with one attached hydrogen (secondary N) is 1. The third-order valence-corrected chi connectivity index (χ3v) is 3.91. The molecule has 0 bridgehead atoms. The zero-order valence-corrected chi connectivity index (χ0v) is 16.3. The molecule has 0 radical (unpaired) electrons. The summed E-state index contributed by atoms with van der Waals surface area (Å²) in [5.74, 6) is 1.88. The summed E-state index contributed by atoms with van der Waals surface area (Å²) in [5.41, 5.74) is 5.33. The molecule has 1 fully saturated rings. The Kier molecular flexibility index (Phi) is 9.51. The SMILES string of the molecule is C=CCNC(=NCCc1ccco1)N1CCCC(CC(N)=O)C1.I. The van der Waals surface area contributed by atoms with E-state index in [1.54, 1.807) is 6.26 Å². The number of nitrogens with two attached hydrogens (primary N) is 1. The maximum atomic E-state index is 11.2. The van der Waals surface area contributed by atoms with E-state index in [1.807, 2.05) is 18.2 Å². The lowest BCUT2D eigenvalue weighted by atomic mass is 9.95. The molecule has 0 aromatic carbocycles. The molecule has 0 aliphatic carbocycles. The number of carbonyl (C=O) groups is 1. The van der Waals surface area contributed by atoms with E-state index in [9.17, 15) is 4.79 Å². The van der Waals surface area contributed by atoms with Crippen molar-refractivity contribution in [1.29, 1.82) is 0 Å². The number of hydrogen-bond acceptors (Lipinski definition) is 3. The summed E-state index contributed by atoms with van der Waals surface area (Å²) in [6.45, 7) is 6.82. The van der Waals surface area contributed by atoms with E-state index in [0.717, 1.165) is 44.1 Å². The van der Waals surface area contributed by atoms with E-state index < -0.39 is 0 Å². The highest BCUT2D eigenvalue weighted by molar-refractivity contribution is 14.0. The Balaban J connectivity index is 0.00000288. The van der Waals surface area contributed by atoms with E-state index >= 15 is 0 Å². The van der Waals surface area contributed by atoms with Crippen molar-refractivity contribution in [2.45, 2.75) is 25.7 Å². The molecule has 1 amide bonds. The molecule has 24 heavy (non-hydrogen) atoms. The predicted molar refractivity (Wildman–Crippen MR) is 106 cm³/mol. The van der Waals surface area contributed by atoms with Crippen LogP contribution in [0, 0.1) is 5.92 Å². The molecule has 2 heterocycles. The average molecular weight is 446 g/mol. The summed E-state index contributed by atoms with van der Waals surface area (Å²) in [7, 11) is 0. The molecule has 1 atom stereocenters. The first-order chi connectivity index (χ1) is 11.2. The van der Waals surface area contributed by atoms with Crippen molar-refractivity contribution in [2.24, 2.45) is 16.6 Å². The number of carbonyl (C=O) groups excluding carboxylic acids is 1. The van der Waals surface area contributed by atoms with Crippen LogP contribution in [0.3, 0.4) is 0 Å². The van der Waals surface area contributed by atoms with Crippen molar-refractivity contribution in [3.8, 4) is 0 Å². The molecule has 1 aromatic rings. The van der Waals surface area contributed by atoms with E-state index in [-0.39, 0.29) is 29.9 Å². The molecule has 0 saturated carbocycles. The van der Waals surface area contributed by atoms with Gasteiger partial charge in [0.1, 0.15) is 5.76 Å². The number of rotatable bonds is 7. The maximum Gasteiger partial charge on any atom is 0.217 e. The molecule has 1 aromatic heterocycles. The number of halogens is 1. The molecule has 2 rings (SSSR count). The van der Waals surface area contributed by atoms with Gasteiger partial charge in [-0.3, -0.25) is 9.79 Å². The Bertz CT molecular complexity index is 531. The summed E-state index contributed by atoms with van der Waals surface area (Å²) in [6, 6.07) is 3.84. The van der Waals surface area contributed by atoms with Gasteiger partial charge in [-0.1, -0.05) is 6.08 Å². The second-order valence-corrected chi connectivity index (χ2v) is 5.83. The number of likely N-dealkylation sites (tertiary alicyclic amines) is 1. The van der Waals surface area contributed by atoms with Gasteiger partial charge in [-0.25, -0.2) is 0 Å². The summed E-state index contributed by atoms with van der Waals surface area (Å²) in [4.78, 5) is 18.0.